The molecule has 0 spiro atoms. The van der Waals surface area contributed by atoms with Crippen molar-refractivity contribution >= 4 is 28.1 Å². The number of sulfone groups is 1. The Morgan fingerprint density at radius 1 is 0.889 bits per heavy atom. The van der Waals surface area contributed by atoms with Gasteiger partial charge in [0.05, 0.1) is 10.6 Å². The van der Waals surface area contributed by atoms with Crippen molar-refractivity contribution in [1.29, 1.82) is 0 Å². The van der Waals surface area contributed by atoms with E-state index >= 15 is 0 Å². The molecule has 0 aliphatic carbocycles. The van der Waals surface area contributed by atoms with E-state index in [1.165, 1.54) is 0 Å². The Labute approximate surface area is 164 Å². The lowest BCUT2D eigenvalue weighted by atomic mass is 10.0. The van der Waals surface area contributed by atoms with Gasteiger partial charge in [0.1, 0.15) is 0 Å². The molecule has 0 aliphatic heterocycles. The Morgan fingerprint density at radius 2 is 1.41 bits per heavy atom. The van der Waals surface area contributed by atoms with Crippen molar-refractivity contribution in [3.63, 3.8) is 0 Å². The van der Waals surface area contributed by atoms with Crippen LogP contribution in [0.4, 0.5) is 0 Å². The standard InChI is InChI=1S/C24H30O2S/c1-4-7-8-21(6-3)19-27(25,26)24-17-15-23(16-18-24)14-13-22-11-9-20(5-2)10-12-22/h5,9-18,21H,2,4,6-8,19H2,1,3H3/b14-13+. The maximum atomic E-state index is 12.7. The van der Waals surface area contributed by atoms with Crippen molar-refractivity contribution in [2.24, 2.45) is 5.92 Å². The Bertz CT molecular complexity index is 844. The third-order valence-electron chi connectivity index (χ3n) is 4.88. The fourth-order valence-corrected chi connectivity index (χ4v) is 4.79. The maximum Gasteiger partial charge on any atom is 0.178 e. The zero-order valence-electron chi connectivity index (χ0n) is 16.4. The molecule has 0 radical (unpaired) electrons. The molecule has 144 valence electrons. The number of hydrogen-bond acceptors (Lipinski definition) is 2. The van der Waals surface area contributed by atoms with E-state index in [0.29, 0.717) is 4.90 Å². The maximum absolute atomic E-state index is 12.7. The zero-order chi connectivity index (χ0) is 19.7. The zero-order valence-corrected chi connectivity index (χ0v) is 17.2. The van der Waals surface area contributed by atoms with Crippen LogP contribution in [-0.4, -0.2) is 14.2 Å². The first-order chi connectivity index (χ1) is 13.0. The van der Waals surface area contributed by atoms with Crippen molar-refractivity contribution in [3.05, 3.63) is 71.8 Å². The molecule has 2 aromatic carbocycles. The summed E-state index contributed by atoms with van der Waals surface area (Å²) in [7, 11) is -3.23. The van der Waals surface area contributed by atoms with Crippen LogP contribution in [0.2, 0.25) is 0 Å². The van der Waals surface area contributed by atoms with Crippen LogP contribution in [0.1, 0.15) is 56.2 Å². The molecule has 2 rings (SSSR count). The van der Waals surface area contributed by atoms with Gasteiger partial charge in [0.2, 0.25) is 0 Å². The molecule has 0 saturated heterocycles. The molecular formula is C24H30O2S. The average molecular weight is 383 g/mol. The smallest absolute Gasteiger partial charge is 0.178 e. The number of benzene rings is 2. The summed E-state index contributed by atoms with van der Waals surface area (Å²) in [6.07, 6.45) is 9.92. The topological polar surface area (TPSA) is 34.1 Å². The van der Waals surface area contributed by atoms with Crippen molar-refractivity contribution in [2.45, 2.75) is 44.4 Å². The van der Waals surface area contributed by atoms with Crippen molar-refractivity contribution in [1.82, 2.24) is 0 Å². The summed E-state index contributed by atoms with van der Waals surface area (Å²) in [6, 6.07) is 15.3. The Morgan fingerprint density at radius 3 is 1.89 bits per heavy atom. The van der Waals surface area contributed by atoms with E-state index in [-0.39, 0.29) is 11.7 Å². The molecule has 2 aromatic rings. The molecule has 1 atom stereocenters. The number of unbranched alkanes of at least 4 members (excludes halogenated alkanes) is 1. The highest BCUT2D eigenvalue weighted by atomic mass is 32.2. The minimum absolute atomic E-state index is 0.244. The second kappa shape index (κ2) is 10.3. The van der Waals surface area contributed by atoms with Gasteiger partial charge < -0.3 is 0 Å². The highest BCUT2D eigenvalue weighted by Gasteiger charge is 2.19. The van der Waals surface area contributed by atoms with Gasteiger partial charge in [-0.15, -0.1) is 0 Å². The minimum atomic E-state index is -3.23. The van der Waals surface area contributed by atoms with E-state index in [9.17, 15) is 8.42 Å². The van der Waals surface area contributed by atoms with Crippen molar-refractivity contribution in [2.75, 3.05) is 5.75 Å². The molecule has 0 aliphatic rings. The van der Waals surface area contributed by atoms with Crippen LogP contribution in [0.3, 0.4) is 0 Å². The van der Waals surface area contributed by atoms with Crippen LogP contribution in [-0.2, 0) is 9.84 Å². The summed E-state index contributed by atoms with van der Waals surface area (Å²) in [6.45, 7) is 7.97. The summed E-state index contributed by atoms with van der Waals surface area (Å²) in [4.78, 5) is 0.421. The van der Waals surface area contributed by atoms with Gasteiger partial charge in [-0.05, 0) is 41.2 Å². The van der Waals surface area contributed by atoms with E-state index < -0.39 is 9.84 Å². The summed E-state index contributed by atoms with van der Waals surface area (Å²) >= 11 is 0. The molecule has 27 heavy (non-hydrogen) atoms. The van der Waals surface area contributed by atoms with Crippen LogP contribution in [0.15, 0.2) is 60.0 Å². The van der Waals surface area contributed by atoms with E-state index in [4.69, 9.17) is 0 Å². The molecule has 0 heterocycles. The van der Waals surface area contributed by atoms with Crippen LogP contribution in [0.5, 0.6) is 0 Å². The molecule has 0 amide bonds. The molecule has 1 unspecified atom stereocenters. The van der Waals surface area contributed by atoms with Gasteiger partial charge >= 0.3 is 0 Å². The Hall–Kier alpha value is -2.13. The predicted molar refractivity (Wildman–Crippen MR) is 117 cm³/mol. The Kier molecular flexibility index (Phi) is 8.05. The molecule has 0 aromatic heterocycles. The third-order valence-corrected chi connectivity index (χ3v) is 6.78. The first-order valence-electron chi connectivity index (χ1n) is 9.72. The van der Waals surface area contributed by atoms with Gasteiger partial charge in [-0.2, -0.15) is 0 Å². The molecular weight excluding hydrogens is 352 g/mol. The van der Waals surface area contributed by atoms with Gasteiger partial charge in [-0.25, -0.2) is 8.42 Å². The van der Waals surface area contributed by atoms with Crippen LogP contribution in [0, 0.1) is 5.92 Å². The molecule has 3 heteroatoms. The molecule has 2 nitrogen and oxygen atoms in total. The van der Waals surface area contributed by atoms with Crippen LogP contribution < -0.4 is 0 Å². The quantitative estimate of drug-likeness (QED) is 0.440. The summed E-state index contributed by atoms with van der Waals surface area (Å²) in [5.41, 5.74) is 3.17. The van der Waals surface area contributed by atoms with E-state index in [1.54, 1.807) is 12.1 Å². The van der Waals surface area contributed by atoms with Gasteiger partial charge in [-0.1, -0.05) is 94.3 Å². The highest BCUT2D eigenvalue weighted by Crippen LogP contribution is 2.21. The third kappa shape index (κ3) is 6.51. The first kappa shape index (κ1) is 21.2. The van der Waals surface area contributed by atoms with Gasteiger partial charge in [0, 0.05) is 0 Å². The average Bonchev–Trinajstić information content (AvgIpc) is 2.70. The van der Waals surface area contributed by atoms with Crippen molar-refractivity contribution in [3.8, 4) is 0 Å². The lowest BCUT2D eigenvalue weighted by Gasteiger charge is -2.14. The largest absolute Gasteiger partial charge is 0.224 e. The van der Waals surface area contributed by atoms with Crippen LogP contribution in [0.25, 0.3) is 18.2 Å². The summed E-state index contributed by atoms with van der Waals surface area (Å²) in [5.74, 6) is 0.488. The van der Waals surface area contributed by atoms with Crippen molar-refractivity contribution < 1.29 is 8.42 Å². The molecule has 0 fully saturated rings. The molecule has 0 saturated carbocycles. The summed E-state index contributed by atoms with van der Waals surface area (Å²) in [5, 5.41) is 0. The minimum Gasteiger partial charge on any atom is -0.224 e. The monoisotopic (exact) mass is 382 g/mol. The highest BCUT2D eigenvalue weighted by molar-refractivity contribution is 7.91. The lowest BCUT2D eigenvalue weighted by molar-refractivity contribution is 0.483. The van der Waals surface area contributed by atoms with Crippen LogP contribution >= 0.6 is 0 Å². The number of rotatable bonds is 10. The fourth-order valence-electron chi connectivity index (χ4n) is 3.03. The normalized spacial score (nSPS) is 13.0. The van der Waals surface area contributed by atoms with Gasteiger partial charge in [0.25, 0.3) is 0 Å². The van der Waals surface area contributed by atoms with Gasteiger partial charge in [-0.3, -0.25) is 0 Å². The van der Waals surface area contributed by atoms with Gasteiger partial charge in [0.15, 0.2) is 9.84 Å². The second-order valence-corrected chi connectivity index (χ2v) is 9.01. The SMILES string of the molecule is C=Cc1ccc(/C=C/c2ccc(S(=O)(=O)CC(CC)CCCC)cc2)cc1. The predicted octanol–water partition coefficient (Wildman–Crippen LogP) is 6.49. The molecule has 0 bridgehead atoms. The fraction of sp³-hybridized carbons (Fsp3) is 0.333. The molecule has 0 N–H and O–H groups in total. The van der Waals surface area contributed by atoms with E-state index in [2.05, 4.69) is 20.4 Å². The van der Waals surface area contributed by atoms with E-state index in [1.807, 2.05) is 54.6 Å². The number of hydrogen-bond donors (Lipinski definition) is 0. The first-order valence-corrected chi connectivity index (χ1v) is 11.4. The summed E-state index contributed by atoms with van der Waals surface area (Å²) < 4.78 is 25.4. The lowest BCUT2D eigenvalue weighted by Crippen LogP contribution is -2.16. The Balaban J connectivity index is 2.06. The van der Waals surface area contributed by atoms with E-state index in [0.717, 1.165) is 42.4 Å². The second-order valence-electron chi connectivity index (χ2n) is 6.97.